The van der Waals surface area contributed by atoms with Crippen molar-refractivity contribution in [3.8, 4) is 11.3 Å². The molecule has 0 radical (unpaired) electrons. The van der Waals surface area contributed by atoms with E-state index >= 15 is 0 Å². The third-order valence-electron chi connectivity index (χ3n) is 2.50. The van der Waals surface area contributed by atoms with Crippen LogP contribution in [-0.4, -0.2) is 21.0 Å². The lowest BCUT2D eigenvalue weighted by Crippen LogP contribution is -2.16. The summed E-state index contributed by atoms with van der Waals surface area (Å²) in [5.74, 6) is -0.459. The molecule has 1 aromatic heterocycles. The standard InChI is InChI=1S/C12H12BrN3O2/c13-8-3-1-7(2-4-8)10-6-15-12(16-10)9(14)5-11(17)18/h1-4,6,9H,5,14H2,(H,15,16)(H,17,18). The van der Waals surface area contributed by atoms with Gasteiger partial charge in [-0.05, 0) is 17.7 Å². The SMILES string of the molecule is NC(CC(=O)O)c1ncc(-c2ccc(Br)cc2)[nH]1. The van der Waals surface area contributed by atoms with Crippen LogP contribution in [0.4, 0.5) is 0 Å². The molecule has 6 heteroatoms. The van der Waals surface area contributed by atoms with Gasteiger partial charge in [-0.1, -0.05) is 28.1 Å². The zero-order valence-electron chi connectivity index (χ0n) is 9.43. The van der Waals surface area contributed by atoms with Gasteiger partial charge in [-0.15, -0.1) is 0 Å². The Morgan fingerprint density at radius 2 is 2.11 bits per heavy atom. The molecule has 1 aromatic carbocycles. The van der Waals surface area contributed by atoms with Gasteiger partial charge in [-0.3, -0.25) is 4.79 Å². The average Bonchev–Trinajstić information content (AvgIpc) is 2.78. The quantitative estimate of drug-likeness (QED) is 0.808. The molecule has 0 amide bonds. The van der Waals surface area contributed by atoms with Gasteiger partial charge in [-0.25, -0.2) is 4.98 Å². The number of nitrogens with two attached hydrogens (primary N) is 1. The van der Waals surface area contributed by atoms with Crippen molar-refractivity contribution in [2.24, 2.45) is 5.73 Å². The number of nitrogens with zero attached hydrogens (tertiary/aromatic N) is 1. The first kappa shape index (κ1) is 12.8. The van der Waals surface area contributed by atoms with Crippen molar-refractivity contribution in [1.29, 1.82) is 0 Å². The molecule has 2 aromatic rings. The summed E-state index contributed by atoms with van der Waals surface area (Å²) < 4.78 is 0.994. The number of hydrogen-bond donors (Lipinski definition) is 3. The van der Waals surface area contributed by atoms with Gasteiger partial charge in [0.25, 0.3) is 0 Å². The van der Waals surface area contributed by atoms with Crippen LogP contribution < -0.4 is 5.73 Å². The number of rotatable bonds is 4. The number of H-pyrrole nitrogens is 1. The lowest BCUT2D eigenvalue weighted by Gasteiger charge is -2.04. The topological polar surface area (TPSA) is 92.0 Å². The molecule has 2 rings (SSSR count). The molecule has 0 bridgehead atoms. The van der Waals surface area contributed by atoms with Crippen molar-refractivity contribution < 1.29 is 9.90 Å². The number of carboxylic acid groups (broad SMARTS) is 1. The summed E-state index contributed by atoms with van der Waals surface area (Å²) in [5, 5.41) is 8.67. The van der Waals surface area contributed by atoms with E-state index in [1.165, 1.54) is 0 Å². The predicted octanol–water partition coefficient (Wildman–Crippen LogP) is 2.31. The molecule has 0 aliphatic carbocycles. The number of aromatic nitrogens is 2. The molecule has 1 atom stereocenters. The third-order valence-corrected chi connectivity index (χ3v) is 3.03. The van der Waals surface area contributed by atoms with Crippen LogP contribution in [-0.2, 0) is 4.79 Å². The zero-order chi connectivity index (χ0) is 13.1. The van der Waals surface area contributed by atoms with Crippen LogP contribution in [0.3, 0.4) is 0 Å². The zero-order valence-corrected chi connectivity index (χ0v) is 11.0. The highest BCUT2D eigenvalue weighted by atomic mass is 79.9. The van der Waals surface area contributed by atoms with Gasteiger partial charge in [0.1, 0.15) is 5.82 Å². The smallest absolute Gasteiger partial charge is 0.305 e. The van der Waals surface area contributed by atoms with E-state index in [9.17, 15) is 4.79 Å². The summed E-state index contributed by atoms with van der Waals surface area (Å²) in [4.78, 5) is 17.7. The number of aliphatic carboxylic acids is 1. The number of aromatic amines is 1. The fourth-order valence-electron chi connectivity index (χ4n) is 1.59. The highest BCUT2D eigenvalue weighted by Gasteiger charge is 2.14. The first-order chi connectivity index (χ1) is 8.56. The number of nitrogens with one attached hydrogen (secondary N) is 1. The Labute approximate surface area is 112 Å². The maximum Gasteiger partial charge on any atom is 0.305 e. The van der Waals surface area contributed by atoms with Crippen molar-refractivity contribution in [2.75, 3.05) is 0 Å². The van der Waals surface area contributed by atoms with Gasteiger partial charge in [0, 0.05) is 4.47 Å². The number of imidazole rings is 1. The number of benzene rings is 1. The Morgan fingerprint density at radius 1 is 1.44 bits per heavy atom. The Hall–Kier alpha value is -1.66. The van der Waals surface area contributed by atoms with E-state index in [0.717, 1.165) is 15.7 Å². The number of hydrogen-bond acceptors (Lipinski definition) is 3. The van der Waals surface area contributed by atoms with Gasteiger partial charge < -0.3 is 15.8 Å². The first-order valence-electron chi connectivity index (χ1n) is 5.34. The molecule has 4 N–H and O–H groups in total. The molecular weight excluding hydrogens is 298 g/mol. The second kappa shape index (κ2) is 5.32. The van der Waals surface area contributed by atoms with Crippen molar-refractivity contribution in [2.45, 2.75) is 12.5 Å². The fourth-order valence-corrected chi connectivity index (χ4v) is 1.85. The monoisotopic (exact) mass is 309 g/mol. The average molecular weight is 310 g/mol. The van der Waals surface area contributed by atoms with Gasteiger partial charge in [0.2, 0.25) is 0 Å². The van der Waals surface area contributed by atoms with Gasteiger partial charge in [-0.2, -0.15) is 0 Å². The van der Waals surface area contributed by atoms with Crippen LogP contribution in [0.2, 0.25) is 0 Å². The van der Waals surface area contributed by atoms with Crippen LogP contribution in [0.15, 0.2) is 34.9 Å². The van der Waals surface area contributed by atoms with Crippen LogP contribution >= 0.6 is 15.9 Å². The van der Waals surface area contributed by atoms with E-state index < -0.39 is 12.0 Å². The molecule has 0 aliphatic heterocycles. The van der Waals surface area contributed by atoms with E-state index in [1.54, 1.807) is 6.20 Å². The van der Waals surface area contributed by atoms with Crippen molar-refractivity contribution >= 4 is 21.9 Å². The summed E-state index contributed by atoms with van der Waals surface area (Å²) in [7, 11) is 0. The van der Waals surface area contributed by atoms with E-state index in [2.05, 4.69) is 25.9 Å². The van der Waals surface area contributed by atoms with Crippen LogP contribution in [0.1, 0.15) is 18.3 Å². The van der Waals surface area contributed by atoms with Crippen LogP contribution in [0, 0.1) is 0 Å². The van der Waals surface area contributed by atoms with E-state index in [-0.39, 0.29) is 6.42 Å². The highest BCUT2D eigenvalue weighted by Crippen LogP contribution is 2.21. The van der Waals surface area contributed by atoms with Crippen molar-refractivity contribution in [3.05, 3.63) is 40.8 Å². The summed E-state index contributed by atoms with van der Waals surface area (Å²) in [6, 6.07) is 7.10. The molecule has 94 valence electrons. The lowest BCUT2D eigenvalue weighted by atomic mass is 10.2. The van der Waals surface area contributed by atoms with E-state index in [0.29, 0.717) is 5.82 Å². The Morgan fingerprint density at radius 3 is 2.72 bits per heavy atom. The number of carboxylic acids is 1. The van der Waals surface area contributed by atoms with Crippen molar-refractivity contribution in [3.63, 3.8) is 0 Å². The minimum atomic E-state index is -0.941. The molecule has 0 spiro atoms. The second-order valence-corrected chi connectivity index (χ2v) is 4.81. The maximum atomic E-state index is 10.6. The van der Waals surface area contributed by atoms with Gasteiger partial charge >= 0.3 is 5.97 Å². The predicted molar refractivity (Wildman–Crippen MR) is 70.9 cm³/mol. The third kappa shape index (κ3) is 2.96. The number of halogens is 1. The summed E-state index contributed by atoms with van der Waals surface area (Å²) in [5.41, 5.74) is 7.52. The molecule has 0 saturated heterocycles. The minimum absolute atomic E-state index is 0.146. The van der Waals surface area contributed by atoms with Gasteiger partial charge in [0.05, 0.1) is 24.4 Å². The van der Waals surface area contributed by atoms with Gasteiger partial charge in [0.15, 0.2) is 0 Å². The van der Waals surface area contributed by atoms with Crippen LogP contribution in [0.25, 0.3) is 11.3 Å². The van der Waals surface area contributed by atoms with Crippen LogP contribution in [0.5, 0.6) is 0 Å². The Kier molecular flexibility index (Phi) is 3.78. The first-order valence-corrected chi connectivity index (χ1v) is 6.14. The van der Waals surface area contributed by atoms with E-state index in [4.69, 9.17) is 10.8 Å². The largest absolute Gasteiger partial charge is 0.481 e. The molecule has 0 aliphatic rings. The summed E-state index contributed by atoms with van der Waals surface area (Å²) >= 11 is 3.36. The molecule has 0 saturated carbocycles. The minimum Gasteiger partial charge on any atom is -0.481 e. The van der Waals surface area contributed by atoms with Crippen molar-refractivity contribution in [1.82, 2.24) is 9.97 Å². The fraction of sp³-hybridized carbons (Fsp3) is 0.167. The highest BCUT2D eigenvalue weighted by molar-refractivity contribution is 9.10. The molecule has 18 heavy (non-hydrogen) atoms. The molecule has 5 nitrogen and oxygen atoms in total. The van der Waals surface area contributed by atoms with E-state index in [1.807, 2.05) is 24.3 Å². The Bertz CT molecular complexity index is 551. The molecule has 1 unspecified atom stereocenters. The number of carbonyl (C=O) groups is 1. The normalized spacial score (nSPS) is 12.3. The molecule has 1 heterocycles. The Balaban J connectivity index is 2.19. The second-order valence-electron chi connectivity index (χ2n) is 3.89. The lowest BCUT2D eigenvalue weighted by molar-refractivity contribution is -0.137. The molecular formula is C12H12BrN3O2. The maximum absolute atomic E-state index is 10.6. The summed E-state index contributed by atoms with van der Waals surface area (Å²) in [6.07, 6.45) is 1.51. The summed E-state index contributed by atoms with van der Waals surface area (Å²) in [6.45, 7) is 0. The molecule has 0 fully saturated rings.